The minimum absolute atomic E-state index is 0. The summed E-state index contributed by atoms with van der Waals surface area (Å²) in [6.07, 6.45) is 0. The van der Waals surface area contributed by atoms with Gasteiger partial charge in [-0.25, -0.2) is 0 Å². The van der Waals surface area contributed by atoms with Crippen LogP contribution in [-0.2, 0) is 4.46 Å². The van der Waals surface area contributed by atoms with Gasteiger partial charge in [0.25, 0.3) is 0 Å². The quantitative estimate of drug-likeness (QED) is 0.320. The van der Waals surface area contributed by atoms with E-state index in [0.29, 0.717) is 0 Å². The van der Waals surface area contributed by atoms with Crippen LogP contribution < -0.4 is 29.6 Å². The Labute approximate surface area is 61.7 Å². The maximum Gasteiger partial charge on any atom is 1.00 e. The van der Waals surface area contributed by atoms with Gasteiger partial charge < -0.3 is 11.0 Å². The Morgan fingerprint density at radius 3 is 1.50 bits per heavy atom. The molecule has 0 fully saturated rings. The van der Waals surface area contributed by atoms with Gasteiger partial charge in [0.05, 0.1) is 0 Å². The van der Waals surface area contributed by atoms with Crippen molar-refractivity contribution in [3.05, 3.63) is 0 Å². The second-order valence-electron chi connectivity index (χ2n) is 0.283. The van der Waals surface area contributed by atoms with Crippen molar-refractivity contribution in [1.29, 1.82) is 0 Å². The van der Waals surface area contributed by atoms with Crippen LogP contribution in [0.2, 0.25) is 0 Å². The Kier molecular flexibility index (Phi) is 24.3. The van der Waals surface area contributed by atoms with E-state index in [1.165, 1.54) is 0 Å². The summed E-state index contributed by atoms with van der Waals surface area (Å²) in [7, 11) is -3.13. The Morgan fingerprint density at radius 1 is 1.50 bits per heavy atom. The summed E-state index contributed by atoms with van der Waals surface area (Å²) >= 11 is 0. The van der Waals surface area contributed by atoms with E-state index in [0.717, 1.165) is 0 Å². The third-order valence-electron chi connectivity index (χ3n) is 0. The van der Waals surface area contributed by atoms with Crippen molar-refractivity contribution in [2.24, 2.45) is 0 Å². The van der Waals surface area contributed by atoms with Gasteiger partial charge in [0.15, 0.2) is 0 Å². The van der Waals surface area contributed by atoms with Gasteiger partial charge in [0.2, 0.25) is 0 Å². The summed E-state index contributed by atoms with van der Waals surface area (Å²) < 4.78 is 8.74. The first kappa shape index (κ1) is 16.0. The van der Waals surface area contributed by atoms with Crippen molar-refractivity contribution in [2.75, 3.05) is 0 Å². The molecule has 34 valence electrons. The predicted molar refractivity (Wildman–Crippen MR) is 18.7 cm³/mol. The largest absolute Gasteiger partial charge is 1.00 e. The molecule has 0 aliphatic carbocycles. The van der Waals surface area contributed by atoms with Gasteiger partial charge in [-0.2, -0.15) is 0 Å². The Bertz CT molecular complexity index is 37.9. The van der Waals surface area contributed by atoms with Gasteiger partial charge in [-0.15, -0.1) is 0 Å². The predicted octanol–water partition coefficient (Wildman–Crippen LogP) is -3.86. The van der Waals surface area contributed by atoms with Gasteiger partial charge in [0.1, 0.15) is 0 Å². The first-order valence-electron chi connectivity index (χ1n) is 0.651. The van der Waals surface area contributed by atoms with Crippen molar-refractivity contribution < 1.29 is 45.0 Å². The van der Waals surface area contributed by atoms with E-state index in [-0.39, 0.29) is 38.4 Å². The first-order chi connectivity index (χ1) is 1.73. The van der Waals surface area contributed by atoms with Crippen LogP contribution in [0.4, 0.5) is 0 Å². The van der Waals surface area contributed by atoms with Gasteiger partial charge >= 0.3 is 38.7 Å². The molecule has 0 spiro atoms. The molecule has 0 atom stereocenters. The molecular formula is CH7NaO3Si. The Morgan fingerprint density at radius 2 is 1.50 bits per heavy atom. The molecule has 5 heteroatoms. The number of rotatable bonds is 0. The minimum Gasteiger partial charge on any atom is -1.00 e. The smallest absolute Gasteiger partial charge is 1.00 e. The molecule has 0 bridgehead atoms. The van der Waals surface area contributed by atoms with Gasteiger partial charge in [-0.1, -0.05) is 7.43 Å². The summed E-state index contributed by atoms with van der Waals surface area (Å²) in [5.41, 5.74) is 0. The summed E-state index contributed by atoms with van der Waals surface area (Å²) in [6, 6.07) is 0. The molecule has 0 heterocycles. The molecule has 3 nitrogen and oxygen atoms in total. The molecule has 2 N–H and O–H groups in total. The SMILES string of the molecule is C.O=[Si](O)O.[H-].[Na+]. The molecule has 0 saturated carbocycles. The van der Waals surface area contributed by atoms with E-state index in [2.05, 4.69) is 0 Å². The fourth-order valence-corrected chi connectivity index (χ4v) is 0. The molecule has 0 amide bonds. The maximum atomic E-state index is 8.74. The van der Waals surface area contributed by atoms with E-state index in [4.69, 9.17) is 14.1 Å². The molecule has 6 heavy (non-hydrogen) atoms. The van der Waals surface area contributed by atoms with Crippen LogP contribution >= 0.6 is 0 Å². The molecular weight excluding hydrogens is 111 g/mol. The second kappa shape index (κ2) is 9.15. The zero-order valence-electron chi connectivity index (χ0n) is 3.80. The van der Waals surface area contributed by atoms with Crippen molar-refractivity contribution in [1.82, 2.24) is 0 Å². The summed E-state index contributed by atoms with van der Waals surface area (Å²) in [6.45, 7) is 0. The number of hydrogen-bond donors (Lipinski definition) is 2. The van der Waals surface area contributed by atoms with Crippen LogP contribution in [0.3, 0.4) is 0 Å². The molecule has 0 unspecified atom stereocenters. The van der Waals surface area contributed by atoms with Crippen LogP contribution in [0.1, 0.15) is 8.85 Å². The van der Waals surface area contributed by atoms with Crippen molar-refractivity contribution in [3.8, 4) is 0 Å². The topological polar surface area (TPSA) is 57.5 Å². The van der Waals surface area contributed by atoms with Crippen LogP contribution in [0.15, 0.2) is 0 Å². The normalized spacial score (nSPS) is 4.00. The molecule has 0 aliphatic rings. The van der Waals surface area contributed by atoms with E-state index in [9.17, 15) is 0 Å². The van der Waals surface area contributed by atoms with E-state index in [1.54, 1.807) is 0 Å². The van der Waals surface area contributed by atoms with Crippen molar-refractivity contribution in [3.63, 3.8) is 0 Å². The minimum atomic E-state index is -3.13. The fourth-order valence-electron chi connectivity index (χ4n) is 0. The first-order valence-corrected chi connectivity index (χ1v) is 1.95. The average molecular weight is 118 g/mol. The van der Waals surface area contributed by atoms with Crippen LogP contribution in [0.5, 0.6) is 0 Å². The standard InChI is InChI=1S/CH4.Na.H2O3Si.H/c;;1-4(2)3;/h1H4;;1-2H;/q;+1;;-1. The summed E-state index contributed by atoms with van der Waals surface area (Å²) in [5, 5.41) is 0. The van der Waals surface area contributed by atoms with Gasteiger partial charge in [-0.05, 0) is 0 Å². The zero-order valence-corrected chi connectivity index (χ0v) is 5.80. The molecule has 0 aromatic heterocycles. The Hall–Kier alpha value is 0.617. The van der Waals surface area contributed by atoms with Crippen molar-refractivity contribution >= 4 is 9.17 Å². The molecule has 0 saturated heterocycles. The fraction of sp³-hybridized carbons (Fsp3) is 1.00. The van der Waals surface area contributed by atoms with Crippen LogP contribution in [-0.4, -0.2) is 18.8 Å². The van der Waals surface area contributed by atoms with Crippen molar-refractivity contribution in [2.45, 2.75) is 7.43 Å². The molecule has 0 aliphatic heterocycles. The zero-order chi connectivity index (χ0) is 3.58. The van der Waals surface area contributed by atoms with E-state index >= 15 is 0 Å². The van der Waals surface area contributed by atoms with Crippen LogP contribution in [0, 0.1) is 0 Å². The van der Waals surface area contributed by atoms with Crippen LogP contribution in [0.25, 0.3) is 0 Å². The monoisotopic (exact) mass is 118 g/mol. The average Bonchev–Trinajstić information content (AvgIpc) is 0.811. The number of hydrogen-bond acceptors (Lipinski definition) is 1. The van der Waals surface area contributed by atoms with E-state index in [1.807, 2.05) is 0 Å². The summed E-state index contributed by atoms with van der Waals surface area (Å²) in [4.78, 5) is 14.3. The third-order valence-corrected chi connectivity index (χ3v) is 0. The maximum absolute atomic E-state index is 8.74. The molecule has 0 radical (unpaired) electrons. The third kappa shape index (κ3) is 159. The molecule has 0 aromatic rings. The second-order valence-corrected chi connectivity index (χ2v) is 0.848. The molecule has 0 rings (SSSR count). The Balaban J connectivity index is -0.0000000150. The van der Waals surface area contributed by atoms with Gasteiger partial charge in [-0.3, -0.25) is 4.46 Å². The van der Waals surface area contributed by atoms with Gasteiger partial charge in [0, 0.05) is 0 Å². The molecule has 0 aromatic carbocycles. The summed E-state index contributed by atoms with van der Waals surface area (Å²) in [5.74, 6) is 0. The van der Waals surface area contributed by atoms with E-state index < -0.39 is 9.17 Å².